The molecule has 75 valence electrons. The standard InChI is InChI=1S/C11H13O3/c1-11(2,14-9-12)13-8-10-6-4-3-5-7-10/h3-7H,8H2,1-2H3. The van der Waals surface area contributed by atoms with Crippen molar-refractivity contribution in [1.29, 1.82) is 0 Å². The third-order valence-corrected chi connectivity index (χ3v) is 1.72. The zero-order valence-electron chi connectivity index (χ0n) is 8.32. The number of carbonyl (C=O) groups excluding carboxylic acids is 1. The lowest BCUT2D eigenvalue weighted by Gasteiger charge is -2.22. The molecule has 14 heavy (non-hydrogen) atoms. The van der Waals surface area contributed by atoms with Crippen molar-refractivity contribution in [2.24, 2.45) is 0 Å². The molecule has 0 amide bonds. The molecule has 1 aromatic carbocycles. The summed E-state index contributed by atoms with van der Waals surface area (Å²) in [5.74, 6) is -0.919. The van der Waals surface area contributed by atoms with Crippen LogP contribution in [-0.4, -0.2) is 12.3 Å². The summed E-state index contributed by atoms with van der Waals surface area (Å²) in [5, 5.41) is 0. The molecule has 3 heteroatoms. The van der Waals surface area contributed by atoms with Crippen molar-refractivity contribution in [2.75, 3.05) is 0 Å². The molecule has 0 N–H and O–H groups in total. The van der Waals surface area contributed by atoms with E-state index in [0.29, 0.717) is 6.61 Å². The van der Waals surface area contributed by atoms with E-state index in [1.54, 1.807) is 13.8 Å². The van der Waals surface area contributed by atoms with E-state index >= 15 is 0 Å². The van der Waals surface area contributed by atoms with Crippen molar-refractivity contribution in [3.05, 3.63) is 35.9 Å². The molecule has 0 fully saturated rings. The van der Waals surface area contributed by atoms with Crippen LogP contribution in [0.4, 0.5) is 0 Å². The predicted octanol–water partition coefficient (Wildman–Crippen LogP) is 2.02. The Morgan fingerprint density at radius 3 is 2.50 bits per heavy atom. The second-order valence-corrected chi connectivity index (χ2v) is 3.36. The van der Waals surface area contributed by atoms with Crippen molar-refractivity contribution >= 4 is 6.47 Å². The maximum Gasteiger partial charge on any atom is 0.420 e. The van der Waals surface area contributed by atoms with Crippen LogP contribution in [-0.2, 0) is 20.9 Å². The SMILES string of the molecule is CC(C)(O[C]=O)OCc1ccccc1. The molecule has 0 aliphatic heterocycles. The van der Waals surface area contributed by atoms with E-state index in [1.807, 2.05) is 30.3 Å². The highest BCUT2D eigenvalue weighted by Crippen LogP contribution is 2.13. The lowest BCUT2D eigenvalue weighted by molar-refractivity contribution is -0.173. The van der Waals surface area contributed by atoms with Gasteiger partial charge in [-0.3, -0.25) is 0 Å². The molecule has 0 saturated heterocycles. The van der Waals surface area contributed by atoms with Crippen LogP contribution < -0.4 is 0 Å². The molecule has 1 radical (unpaired) electrons. The quantitative estimate of drug-likeness (QED) is 0.671. The van der Waals surface area contributed by atoms with Gasteiger partial charge in [0.1, 0.15) is 0 Å². The highest BCUT2D eigenvalue weighted by Gasteiger charge is 2.19. The number of ether oxygens (including phenoxy) is 2. The van der Waals surface area contributed by atoms with Gasteiger partial charge in [0, 0.05) is 13.8 Å². The van der Waals surface area contributed by atoms with E-state index in [9.17, 15) is 4.79 Å². The molecule has 0 spiro atoms. The van der Waals surface area contributed by atoms with Gasteiger partial charge >= 0.3 is 6.47 Å². The van der Waals surface area contributed by atoms with E-state index in [2.05, 4.69) is 4.74 Å². The first-order valence-electron chi connectivity index (χ1n) is 4.37. The van der Waals surface area contributed by atoms with Gasteiger partial charge in [0.25, 0.3) is 0 Å². The first-order valence-corrected chi connectivity index (χ1v) is 4.37. The molecule has 0 bridgehead atoms. The first kappa shape index (κ1) is 10.7. The number of hydrogen-bond donors (Lipinski definition) is 0. The first-order chi connectivity index (χ1) is 6.64. The Labute approximate surface area is 83.6 Å². The largest absolute Gasteiger partial charge is 0.425 e. The summed E-state index contributed by atoms with van der Waals surface area (Å²) in [6.07, 6.45) is 0. The Bertz CT molecular complexity index is 280. The summed E-state index contributed by atoms with van der Waals surface area (Å²) < 4.78 is 9.99. The smallest absolute Gasteiger partial charge is 0.420 e. The zero-order chi connectivity index (χ0) is 10.4. The van der Waals surface area contributed by atoms with E-state index in [-0.39, 0.29) is 0 Å². The summed E-state index contributed by atoms with van der Waals surface area (Å²) >= 11 is 0. The third kappa shape index (κ3) is 3.58. The summed E-state index contributed by atoms with van der Waals surface area (Å²) in [7, 11) is 0. The molecule has 1 rings (SSSR count). The summed E-state index contributed by atoms with van der Waals surface area (Å²) in [5.41, 5.74) is 1.04. The van der Waals surface area contributed by atoms with Gasteiger partial charge in [-0.25, -0.2) is 4.79 Å². The number of hydrogen-bond acceptors (Lipinski definition) is 3. The summed E-state index contributed by atoms with van der Waals surface area (Å²) in [6.45, 7) is 5.12. The lowest BCUT2D eigenvalue weighted by atomic mass is 10.2. The van der Waals surface area contributed by atoms with Gasteiger partial charge in [0.05, 0.1) is 6.61 Å². The van der Waals surface area contributed by atoms with Gasteiger partial charge < -0.3 is 9.47 Å². The van der Waals surface area contributed by atoms with E-state index in [1.165, 1.54) is 6.47 Å². The van der Waals surface area contributed by atoms with E-state index < -0.39 is 5.79 Å². The number of benzene rings is 1. The minimum Gasteiger partial charge on any atom is -0.425 e. The normalized spacial score (nSPS) is 11.0. The van der Waals surface area contributed by atoms with Crippen molar-refractivity contribution in [1.82, 2.24) is 0 Å². The van der Waals surface area contributed by atoms with Crippen molar-refractivity contribution < 1.29 is 14.3 Å². The van der Waals surface area contributed by atoms with Crippen LogP contribution in [0, 0.1) is 0 Å². The Hall–Kier alpha value is -1.35. The zero-order valence-corrected chi connectivity index (χ0v) is 8.32. The van der Waals surface area contributed by atoms with Gasteiger partial charge in [-0.2, -0.15) is 0 Å². The topological polar surface area (TPSA) is 35.5 Å². The highest BCUT2D eigenvalue weighted by atomic mass is 16.7. The molecule has 0 aliphatic rings. The molecule has 0 saturated carbocycles. The maximum absolute atomic E-state index is 10.0. The monoisotopic (exact) mass is 193 g/mol. The summed E-state index contributed by atoms with van der Waals surface area (Å²) in [4.78, 5) is 10.0. The van der Waals surface area contributed by atoms with Gasteiger partial charge in [0.15, 0.2) is 0 Å². The van der Waals surface area contributed by atoms with Crippen LogP contribution in [0.25, 0.3) is 0 Å². The molecule has 0 atom stereocenters. The van der Waals surface area contributed by atoms with Crippen LogP contribution in [0.3, 0.4) is 0 Å². The van der Waals surface area contributed by atoms with Gasteiger partial charge in [-0.05, 0) is 5.56 Å². The molecule has 3 nitrogen and oxygen atoms in total. The molecular weight excluding hydrogens is 180 g/mol. The van der Waals surface area contributed by atoms with Crippen LogP contribution >= 0.6 is 0 Å². The minimum atomic E-state index is -0.919. The molecular formula is C11H13O3. The highest BCUT2D eigenvalue weighted by molar-refractivity contribution is 5.38. The fourth-order valence-corrected chi connectivity index (χ4v) is 0.961. The van der Waals surface area contributed by atoms with E-state index in [0.717, 1.165) is 5.56 Å². The van der Waals surface area contributed by atoms with Gasteiger partial charge in [-0.1, -0.05) is 30.3 Å². The molecule has 0 aromatic heterocycles. The van der Waals surface area contributed by atoms with Gasteiger partial charge in [0.2, 0.25) is 5.79 Å². The average molecular weight is 193 g/mol. The van der Waals surface area contributed by atoms with Crippen molar-refractivity contribution in [3.63, 3.8) is 0 Å². The predicted molar refractivity (Wildman–Crippen MR) is 52.1 cm³/mol. The minimum absolute atomic E-state index is 0.412. The second kappa shape index (κ2) is 4.77. The molecule has 1 aromatic rings. The maximum atomic E-state index is 10.0. The Morgan fingerprint density at radius 2 is 1.93 bits per heavy atom. The number of rotatable bonds is 5. The second-order valence-electron chi connectivity index (χ2n) is 3.36. The van der Waals surface area contributed by atoms with Crippen molar-refractivity contribution in [2.45, 2.75) is 26.2 Å². The fraction of sp³-hybridized carbons (Fsp3) is 0.364. The Balaban J connectivity index is 2.44. The van der Waals surface area contributed by atoms with Crippen LogP contribution in [0.2, 0.25) is 0 Å². The fourth-order valence-electron chi connectivity index (χ4n) is 0.961. The van der Waals surface area contributed by atoms with Crippen LogP contribution in [0.1, 0.15) is 19.4 Å². The van der Waals surface area contributed by atoms with Crippen molar-refractivity contribution in [3.8, 4) is 0 Å². The van der Waals surface area contributed by atoms with Crippen LogP contribution in [0.5, 0.6) is 0 Å². The molecule has 0 heterocycles. The lowest BCUT2D eigenvalue weighted by Crippen LogP contribution is -2.27. The van der Waals surface area contributed by atoms with Gasteiger partial charge in [-0.15, -0.1) is 0 Å². The Kier molecular flexibility index (Phi) is 3.65. The van der Waals surface area contributed by atoms with E-state index in [4.69, 9.17) is 4.74 Å². The van der Waals surface area contributed by atoms with Crippen LogP contribution in [0.15, 0.2) is 30.3 Å². The Morgan fingerprint density at radius 1 is 1.29 bits per heavy atom. The molecule has 0 aliphatic carbocycles. The molecule has 0 unspecified atom stereocenters. The third-order valence-electron chi connectivity index (χ3n) is 1.72. The summed E-state index contributed by atoms with van der Waals surface area (Å²) in [6, 6.07) is 9.68. The average Bonchev–Trinajstić information content (AvgIpc) is 2.17.